The quantitative estimate of drug-likeness (QED) is 0.0602. The van der Waals surface area contributed by atoms with Gasteiger partial charge in [-0.05, 0) is 43.9 Å². The lowest BCUT2D eigenvalue weighted by Gasteiger charge is -2.41. The van der Waals surface area contributed by atoms with Crippen LogP contribution in [0.15, 0.2) is 0 Å². The summed E-state index contributed by atoms with van der Waals surface area (Å²) in [6.45, 7) is 4.98. The molecule has 0 amide bonds. The third-order valence-corrected chi connectivity index (χ3v) is 10.7. The molecule has 1 spiro atoms. The average molecular weight is 609 g/mol. The van der Waals surface area contributed by atoms with Gasteiger partial charge in [-0.2, -0.15) is 0 Å². The molecule has 3 bridgehead atoms. The summed E-state index contributed by atoms with van der Waals surface area (Å²) in [6, 6.07) is 0. The summed E-state index contributed by atoms with van der Waals surface area (Å²) in [5.74, 6) is 0. The maximum absolute atomic E-state index is 11.3. The topological polar surface area (TPSA) is 116 Å². The molecule has 6 aliphatic carbocycles. The van der Waals surface area contributed by atoms with Crippen LogP contribution >= 0.6 is 16.4 Å². The highest BCUT2D eigenvalue weighted by Crippen LogP contribution is 2.87. The minimum Gasteiger partial charge on any atom is -0.328 e. The zero-order chi connectivity index (χ0) is 29.4. The predicted molar refractivity (Wildman–Crippen MR) is 165 cm³/mol. The molecular formula is C31H62O7P2. The summed E-state index contributed by atoms with van der Waals surface area (Å²) in [4.78, 5) is 35.5. The van der Waals surface area contributed by atoms with Crippen molar-refractivity contribution in [3.63, 3.8) is 0 Å². The van der Waals surface area contributed by atoms with Crippen LogP contribution in [0.2, 0.25) is 0 Å². The van der Waals surface area contributed by atoms with Gasteiger partial charge in [0, 0.05) is 5.41 Å². The van der Waals surface area contributed by atoms with Crippen LogP contribution in [0.3, 0.4) is 0 Å². The lowest BCUT2D eigenvalue weighted by molar-refractivity contribution is -0.0485. The summed E-state index contributed by atoms with van der Waals surface area (Å²) in [5, 5.41) is 0. The van der Waals surface area contributed by atoms with Gasteiger partial charge in [-0.15, -0.1) is 0 Å². The Bertz CT molecular complexity index is 698. The van der Waals surface area contributed by atoms with E-state index in [4.69, 9.17) is 18.8 Å². The molecule has 0 radical (unpaired) electrons. The average Bonchev–Trinajstić information content (AvgIpc) is 3.44. The molecule has 9 heteroatoms. The number of hydrogen-bond acceptors (Lipinski definition) is 5. The molecule has 0 atom stereocenters. The monoisotopic (exact) mass is 608 g/mol. The van der Waals surface area contributed by atoms with E-state index >= 15 is 0 Å². The Kier molecular flexibility index (Phi) is 17.3. The second-order valence-electron chi connectivity index (χ2n) is 13.3. The summed E-state index contributed by atoms with van der Waals surface area (Å²) in [7, 11) is -6.50. The van der Waals surface area contributed by atoms with Crippen LogP contribution in [0.5, 0.6) is 0 Å². The van der Waals surface area contributed by atoms with E-state index in [0.29, 0.717) is 12.0 Å². The summed E-state index contributed by atoms with van der Waals surface area (Å²) < 4.78 is 21.3. The number of hydrogen-bond donors (Lipinski definition) is 4. The zero-order valence-electron chi connectivity index (χ0n) is 25.8. The van der Waals surface area contributed by atoms with Crippen molar-refractivity contribution in [2.45, 2.75) is 180 Å². The summed E-state index contributed by atoms with van der Waals surface area (Å²) in [5.41, 5.74) is 0.00980. The highest BCUT2D eigenvalue weighted by atomic mass is 31.2. The van der Waals surface area contributed by atoms with Crippen molar-refractivity contribution in [1.29, 1.82) is 0 Å². The molecule has 6 fully saturated rings. The van der Waals surface area contributed by atoms with Crippen molar-refractivity contribution in [2.24, 2.45) is 10.8 Å². The smallest absolute Gasteiger partial charge is 0.328 e. The maximum atomic E-state index is 11.3. The van der Waals surface area contributed by atoms with Crippen molar-refractivity contribution < 1.29 is 33.2 Å². The molecule has 6 saturated carbocycles. The van der Waals surface area contributed by atoms with Gasteiger partial charge in [-0.1, -0.05) is 136 Å². The van der Waals surface area contributed by atoms with Crippen molar-refractivity contribution in [2.75, 3.05) is 6.61 Å². The van der Waals surface area contributed by atoms with Gasteiger partial charge >= 0.3 is 16.4 Å². The second-order valence-corrected chi connectivity index (χ2v) is 15.2. The van der Waals surface area contributed by atoms with Crippen LogP contribution in [0, 0.1) is 10.8 Å². The van der Waals surface area contributed by atoms with Crippen LogP contribution in [0.4, 0.5) is 0 Å². The Morgan fingerprint density at radius 2 is 1.02 bits per heavy atom. The molecule has 0 aromatic heterocycles. The van der Waals surface area contributed by atoms with Gasteiger partial charge in [0.05, 0.1) is 12.2 Å². The molecule has 0 unspecified atom stereocenters. The molecule has 7 nitrogen and oxygen atoms in total. The van der Waals surface area contributed by atoms with E-state index in [1.165, 1.54) is 116 Å². The first-order valence-corrected chi connectivity index (χ1v) is 19.4. The van der Waals surface area contributed by atoms with Gasteiger partial charge in [0.15, 0.2) is 0 Å². The Morgan fingerprint density at radius 3 is 1.43 bits per heavy atom. The summed E-state index contributed by atoms with van der Waals surface area (Å²) in [6.07, 6.45) is 31.3. The molecule has 0 saturated heterocycles. The Morgan fingerprint density at radius 1 is 0.625 bits per heavy atom. The zero-order valence-corrected chi connectivity index (χ0v) is 27.6. The van der Waals surface area contributed by atoms with Crippen molar-refractivity contribution >= 4 is 16.4 Å². The number of phosphoric ester groups is 1. The second kappa shape index (κ2) is 18.9. The van der Waals surface area contributed by atoms with Gasteiger partial charge in [-0.3, -0.25) is 4.52 Å². The fourth-order valence-electron chi connectivity index (χ4n) is 7.97. The van der Waals surface area contributed by atoms with E-state index in [-0.39, 0.29) is 5.41 Å². The van der Waals surface area contributed by atoms with Gasteiger partial charge in [0.25, 0.3) is 0 Å². The third kappa shape index (κ3) is 12.6. The van der Waals surface area contributed by atoms with E-state index in [2.05, 4.69) is 13.8 Å². The Labute approximate surface area is 246 Å². The molecule has 40 heavy (non-hydrogen) atoms. The van der Waals surface area contributed by atoms with Crippen LogP contribution in [0.25, 0.3) is 0 Å². The van der Waals surface area contributed by atoms with E-state index < -0.39 is 22.0 Å². The van der Waals surface area contributed by atoms with Crippen molar-refractivity contribution in [3.05, 3.63) is 0 Å². The summed E-state index contributed by atoms with van der Waals surface area (Å²) >= 11 is 0. The van der Waals surface area contributed by atoms with E-state index in [1.54, 1.807) is 0 Å². The molecule has 6 rings (SSSR count). The van der Waals surface area contributed by atoms with Crippen LogP contribution < -0.4 is 0 Å². The highest BCUT2D eigenvalue weighted by molar-refractivity contribution is 7.46. The van der Waals surface area contributed by atoms with Crippen molar-refractivity contribution in [3.8, 4) is 0 Å². The van der Waals surface area contributed by atoms with Crippen molar-refractivity contribution in [1.82, 2.24) is 0 Å². The molecule has 0 heterocycles. The molecular weight excluding hydrogens is 546 g/mol. The van der Waals surface area contributed by atoms with Gasteiger partial charge in [0.1, 0.15) is 0 Å². The minimum absolute atomic E-state index is 0.0925. The molecule has 6 aliphatic rings. The largest absolute Gasteiger partial charge is 0.470 e. The molecule has 0 aromatic carbocycles. The van der Waals surface area contributed by atoms with E-state index in [1.807, 2.05) is 0 Å². The lowest BCUT2D eigenvalue weighted by Crippen LogP contribution is -2.42. The SMILES string of the molecule is CCCCCCCCCCCC12CC3(C1)CC2(OP(=O)(O)O)C3.CCCCCCCCCCCCCOP(O)O. The Hall–Kier alpha value is 0.420. The first kappa shape index (κ1) is 36.6. The van der Waals surface area contributed by atoms with Gasteiger partial charge in [0.2, 0.25) is 0 Å². The fourth-order valence-corrected chi connectivity index (χ4v) is 9.04. The fraction of sp³-hybridized carbons (Fsp3) is 1.00. The highest BCUT2D eigenvalue weighted by Gasteiger charge is 2.83. The minimum atomic E-state index is -4.36. The van der Waals surface area contributed by atoms with E-state index in [9.17, 15) is 14.4 Å². The normalized spacial score (nSPS) is 26.4. The van der Waals surface area contributed by atoms with Gasteiger partial charge < -0.3 is 24.1 Å². The third-order valence-electron chi connectivity index (χ3n) is 9.72. The predicted octanol–water partition coefficient (Wildman–Crippen LogP) is 9.85. The first-order valence-electron chi connectivity index (χ1n) is 16.7. The molecule has 0 aromatic rings. The standard InChI is InChI=1S/C18H33O4P.C13H29O3P/c1-2-3-4-5-6-7-8-9-10-11-17-12-16(13-17)14-18(17,15-16)22-23(19,20)21;1-2-3-4-5-6-7-8-9-10-11-12-13-16-17(14)15/h2-15H2,1H3,(H2,19,20,21);14-15H,2-13H2,1H3. The van der Waals surface area contributed by atoms with Crippen LogP contribution in [-0.2, 0) is 13.6 Å². The number of rotatable bonds is 25. The molecule has 238 valence electrons. The molecule has 0 aliphatic heterocycles. The molecule has 4 N–H and O–H groups in total. The first-order chi connectivity index (χ1) is 19.1. The number of phosphoric acid groups is 1. The van der Waals surface area contributed by atoms with E-state index in [0.717, 1.165) is 44.9 Å². The lowest BCUT2D eigenvalue weighted by atomic mass is 9.63. The Balaban J connectivity index is 0.000000296. The van der Waals surface area contributed by atoms with Crippen LogP contribution in [-0.4, -0.2) is 31.8 Å². The maximum Gasteiger partial charge on any atom is 0.470 e. The number of unbranched alkanes of at least 4 members (excludes halogenated alkanes) is 18. The van der Waals surface area contributed by atoms with Gasteiger partial charge in [-0.25, -0.2) is 4.57 Å². The van der Waals surface area contributed by atoms with Crippen LogP contribution in [0.1, 0.15) is 174 Å².